The molecule has 0 bridgehead atoms. The van der Waals surface area contributed by atoms with Gasteiger partial charge in [0.15, 0.2) is 11.4 Å². The molecule has 5 nitrogen and oxygen atoms in total. The quantitative estimate of drug-likeness (QED) is 0.676. The highest BCUT2D eigenvalue weighted by Gasteiger charge is 2.68. The van der Waals surface area contributed by atoms with Crippen molar-refractivity contribution < 1.29 is 24.9 Å². The number of allylic oxidation sites excluding steroid dienone is 1. The Kier molecular flexibility index (Phi) is 3.56. The number of aliphatic carboxylic acids is 1. The summed E-state index contributed by atoms with van der Waals surface area (Å²) in [6, 6.07) is 0. The number of hydrogen-bond acceptors (Lipinski definition) is 4. The van der Waals surface area contributed by atoms with Crippen LogP contribution in [-0.2, 0) is 9.59 Å². The minimum atomic E-state index is -1.75. The lowest BCUT2D eigenvalue weighted by atomic mass is 9.45. The highest BCUT2D eigenvalue weighted by Crippen LogP contribution is 2.67. The Labute approximate surface area is 148 Å². The molecule has 3 saturated carbocycles. The fraction of sp³-hybridized carbons (Fsp3) is 0.800. The van der Waals surface area contributed by atoms with Crippen LogP contribution in [0.15, 0.2) is 11.6 Å². The third-order valence-corrected chi connectivity index (χ3v) is 8.40. The van der Waals surface area contributed by atoms with Gasteiger partial charge in [0.1, 0.15) is 0 Å². The number of aliphatic hydroxyl groups excluding tert-OH is 1. The van der Waals surface area contributed by atoms with E-state index in [0.29, 0.717) is 19.3 Å². The first kappa shape index (κ1) is 17.2. The lowest BCUT2D eigenvalue weighted by Crippen LogP contribution is -2.61. The first-order valence-electron chi connectivity index (χ1n) is 9.51. The summed E-state index contributed by atoms with van der Waals surface area (Å²) >= 11 is 0. The van der Waals surface area contributed by atoms with Crippen molar-refractivity contribution >= 4 is 11.8 Å². The molecule has 0 aliphatic heterocycles. The summed E-state index contributed by atoms with van der Waals surface area (Å²) in [5.41, 5.74) is -1.55. The van der Waals surface area contributed by atoms with Crippen LogP contribution in [0, 0.1) is 28.6 Å². The predicted molar refractivity (Wildman–Crippen MR) is 90.7 cm³/mol. The second-order valence-electron chi connectivity index (χ2n) is 9.28. The van der Waals surface area contributed by atoms with E-state index in [0.717, 1.165) is 19.3 Å². The second-order valence-corrected chi connectivity index (χ2v) is 9.28. The third-order valence-electron chi connectivity index (χ3n) is 8.40. The molecule has 0 aromatic rings. The molecule has 1 unspecified atom stereocenters. The molecule has 0 aromatic heterocycles. The Morgan fingerprint density at radius 1 is 1.20 bits per heavy atom. The van der Waals surface area contributed by atoms with Gasteiger partial charge in [0.25, 0.3) is 0 Å². The van der Waals surface area contributed by atoms with Gasteiger partial charge in [-0.1, -0.05) is 19.4 Å². The molecule has 138 valence electrons. The number of rotatable bonds is 1. The fourth-order valence-electron chi connectivity index (χ4n) is 7.04. The van der Waals surface area contributed by atoms with Crippen molar-refractivity contribution in [1.82, 2.24) is 0 Å². The van der Waals surface area contributed by atoms with Gasteiger partial charge in [0.2, 0.25) is 0 Å². The van der Waals surface area contributed by atoms with Gasteiger partial charge in [-0.25, -0.2) is 4.79 Å². The SMILES string of the molecule is C[C@]12CCC(=O)C=C1CC[C@@H]1C2[C@@H](O)C[C@@]2(C)[C@H]1CC[C@]2(O)C(=O)O. The molecule has 0 radical (unpaired) electrons. The van der Waals surface area contributed by atoms with Gasteiger partial charge in [0, 0.05) is 11.8 Å². The van der Waals surface area contributed by atoms with E-state index in [2.05, 4.69) is 6.92 Å². The lowest BCUT2D eigenvalue weighted by molar-refractivity contribution is -0.194. The molecular weight excluding hydrogens is 320 g/mol. The average molecular weight is 348 g/mol. The van der Waals surface area contributed by atoms with Crippen LogP contribution in [0.5, 0.6) is 0 Å². The zero-order chi connectivity index (χ0) is 18.2. The van der Waals surface area contributed by atoms with Gasteiger partial charge in [-0.2, -0.15) is 0 Å². The van der Waals surface area contributed by atoms with Crippen LogP contribution in [0.25, 0.3) is 0 Å². The van der Waals surface area contributed by atoms with E-state index in [1.807, 2.05) is 6.92 Å². The van der Waals surface area contributed by atoms with Crippen molar-refractivity contribution in [2.45, 2.75) is 70.5 Å². The monoisotopic (exact) mass is 348 g/mol. The number of carboxylic acid groups (broad SMARTS) is 1. The second kappa shape index (κ2) is 5.17. The van der Waals surface area contributed by atoms with Gasteiger partial charge in [-0.05, 0) is 67.8 Å². The number of carboxylic acids is 1. The number of ketones is 1. The van der Waals surface area contributed by atoms with E-state index in [9.17, 15) is 24.9 Å². The third kappa shape index (κ3) is 2.02. The maximum atomic E-state index is 11.9. The molecule has 0 heterocycles. The summed E-state index contributed by atoms with van der Waals surface area (Å²) in [6.45, 7) is 4.03. The van der Waals surface area contributed by atoms with E-state index in [1.165, 1.54) is 5.57 Å². The zero-order valence-electron chi connectivity index (χ0n) is 15.0. The Hall–Kier alpha value is -1.20. The maximum Gasteiger partial charge on any atom is 0.336 e. The summed E-state index contributed by atoms with van der Waals surface area (Å²) in [7, 11) is 0. The average Bonchev–Trinajstić information content (AvgIpc) is 2.80. The Morgan fingerprint density at radius 3 is 2.60 bits per heavy atom. The number of carbonyl (C=O) groups excluding carboxylic acids is 1. The number of carbonyl (C=O) groups is 2. The molecule has 0 saturated heterocycles. The largest absolute Gasteiger partial charge is 0.479 e. The smallest absolute Gasteiger partial charge is 0.336 e. The molecule has 4 rings (SSSR count). The standard InChI is InChI=1S/C20H28O5/c1-18-7-5-12(21)9-11(18)3-4-13-14-6-8-20(25,17(23)24)19(14,2)10-15(22)16(13)18/h9,13-16,22,25H,3-8,10H2,1-2H3,(H,23,24)/t13-,14-,15-,16?,18-,19-,20-/m0/s1. The van der Waals surface area contributed by atoms with E-state index in [4.69, 9.17) is 0 Å². The number of fused-ring (bicyclic) bond motifs is 5. The van der Waals surface area contributed by atoms with Crippen LogP contribution in [0.1, 0.15) is 58.8 Å². The zero-order valence-corrected chi connectivity index (χ0v) is 15.0. The minimum absolute atomic E-state index is 0.0508. The maximum absolute atomic E-state index is 11.9. The van der Waals surface area contributed by atoms with E-state index in [1.54, 1.807) is 6.08 Å². The first-order chi connectivity index (χ1) is 11.6. The van der Waals surface area contributed by atoms with E-state index in [-0.39, 0.29) is 35.4 Å². The van der Waals surface area contributed by atoms with Crippen LogP contribution in [0.2, 0.25) is 0 Å². The minimum Gasteiger partial charge on any atom is -0.479 e. The Balaban J connectivity index is 1.75. The molecule has 5 heteroatoms. The van der Waals surface area contributed by atoms with Crippen LogP contribution in [0.3, 0.4) is 0 Å². The molecule has 4 aliphatic carbocycles. The highest BCUT2D eigenvalue weighted by atomic mass is 16.4. The summed E-state index contributed by atoms with van der Waals surface area (Å²) in [5, 5.41) is 31.6. The molecule has 3 N–H and O–H groups in total. The lowest BCUT2D eigenvalue weighted by Gasteiger charge is -2.60. The van der Waals surface area contributed by atoms with Gasteiger partial charge in [-0.3, -0.25) is 4.79 Å². The van der Waals surface area contributed by atoms with Crippen molar-refractivity contribution in [3.05, 3.63) is 11.6 Å². The van der Waals surface area contributed by atoms with Crippen molar-refractivity contribution in [2.24, 2.45) is 28.6 Å². The molecule has 7 atom stereocenters. The molecule has 0 spiro atoms. The van der Waals surface area contributed by atoms with Crippen LogP contribution in [-0.4, -0.2) is 38.8 Å². The fourth-order valence-corrected chi connectivity index (χ4v) is 7.04. The topological polar surface area (TPSA) is 94.8 Å². The van der Waals surface area contributed by atoms with Crippen LogP contribution < -0.4 is 0 Å². The Bertz CT molecular complexity index is 669. The number of hydrogen-bond donors (Lipinski definition) is 3. The van der Waals surface area contributed by atoms with Crippen molar-refractivity contribution in [1.29, 1.82) is 0 Å². The molecular formula is C20H28O5. The molecule has 25 heavy (non-hydrogen) atoms. The van der Waals surface area contributed by atoms with Gasteiger partial charge >= 0.3 is 5.97 Å². The van der Waals surface area contributed by atoms with E-state index < -0.39 is 23.1 Å². The summed E-state index contributed by atoms with van der Waals surface area (Å²) in [4.78, 5) is 23.7. The van der Waals surface area contributed by atoms with Gasteiger partial charge < -0.3 is 15.3 Å². The van der Waals surface area contributed by atoms with E-state index >= 15 is 0 Å². The first-order valence-corrected chi connectivity index (χ1v) is 9.51. The van der Waals surface area contributed by atoms with Crippen molar-refractivity contribution in [3.8, 4) is 0 Å². The van der Waals surface area contributed by atoms with Gasteiger partial charge in [0.05, 0.1) is 6.10 Å². The van der Waals surface area contributed by atoms with Crippen LogP contribution >= 0.6 is 0 Å². The highest BCUT2D eigenvalue weighted by molar-refractivity contribution is 5.91. The van der Waals surface area contributed by atoms with Crippen LogP contribution in [0.4, 0.5) is 0 Å². The molecule has 4 aliphatic rings. The number of aliphatic hydroxyl groups is 2. The molecule has 0 amide bonds. The normalized spacial score (nSPS) is 52.0. The summed E-state index contributed by atoms with van der Waals surface area (Å²) in [5.74, 6) is -0.610. The Morgan fingerprint density at radius 2 is 1.92 bits per heavy atom. The van der Waals surface area contributed by atoms with Gasteiger partial charge in [-0.15, -0.1) is 0 Å². The molecule has 3 fully saturated rings. The summed E-state index contributed by atoms with van der Waals surface area (Å²) < 4.78 is 0. The summed E-state index contributed by atoms with van der Waals surface area (Å²) in [6.07, 6.45) is 5.43. The van der Waals surface area contributed by atoms with Crippen molar-refractivity contribution in [2.75, 3.05) is 0 Å². The molecule has 0 aromatic carbocycles. The predicted octanol–water partition coefficient (Wildman–Crippen LogP) is 2.30. The van der Waals surface area contributed by atoms with Crippen molar-refractivity contribution in [3.63, 3.8) is 0 Å².